The lowest BCUT2D eigenvalue weighted by atomic mass is 10.0. The maximum absolute atomic E-state index is 11.8. The van der Waals surface area contributed by atoms with Gasteiger partial charge in [0.05, 0.1) is 31.0 Å². The van der Waals surface area contributed by atoms with Crippen LogP contribution in [0.5, 0.6) is 0 Å². The summed E-state index contributed by atoms with van der Waals surface area (Å²) < 4.78 is 5.61. The highest BCUT2D eigenvalue weighted by molar-refractivity contribution is 5.74. The second-order valence-corrected chi connectivity index (χ2v) is 6.48. The van der Waals surface area contributed by atoms with Crippen molar-refractivity contribution in [2.45, 2.75) is 75.8 Å². The van der Waals surface area contributed by atoms with E-state index in [-0.39, 0.29) is 19.4 Å². The van der Waals surface area contributed by atoms with E-state index in [1.807, 2.05) is 0 Å². The first kappa shape index (κ1) is 22.8. The van der Waals surface area contributed by atoms with Crippen LogP contribution in [0.25, 0.3) is 0 Å². The molecule has 0 spiro atoms. The molecular weight excluding hydrogens is 344 g/mol. The van der Waals surface area contributed by atoms with Gasteiger partial charge in [0.2, 0.25) is 0 Å². The normalized spacial score (nSPS) is 29.5. The molecule has 1 aliphatic carbocycles. The first-order chi connectivity index (χ1) is 12.3. The minimum absolute atomic E-state index is 0.0609. The third-order valence-electron chi connectivity index (χ3n) is 4.38. The Hall–Kier alpha value is -1.23. The number of amides is 2. The topological polar surface area (TPSA) is 152 Å². The quantitative estimate of drug-likeness (QED) is 0.245. The number of hydrogen-bond acceptors (Lipinski definition) is 7. The SMILES string of the molecule is CCNC(=O)NC(COC1CC=CC(O)C(O)C1O)C(O)CC(O)CC. The van der Waals surface area contributed by atoms with Crippen molar-refractivity contribution in [2.24, 2.45) is 0 Å². The molecule has 152 valence electrons. The fourth-order valence-corrected chi connectivity index (χ4v) is 2.66. The van der Waals surface area contributed by atoms with E-state index >= 15 is 0 Å². The molecule has 9 nitrogen and oxygen atoms in total. The zero-order chi connectivity index (χ0) is 19.7. The maximum atomic E-state index is 11.8. The molecule has 0 saturated heterocycles. The van der Waals surface area contributed by atoms with Crippen LogP contribution in [0.4, 0.5) is 4.79 Å². The van der Waals surface area contributed by atoms with Gasteiger partial charge >= 0.3 is 6.03 Å². The van der Waals surface area contributed by atoms with Gasteiger partial charge in [-0.1, -0.05) is 19.1 Å². The van der Waals surface area contributed by atoms with Crippen molar-refractivity contribution in [2.75, 3.05) is 13.2 Å². The monoisotopic (exact) mass is 376 g/mol. The highest BCUT2D eigenvalue weighted by Gasteiger charge is 2.34. The van der Waals surface area contributed by atoms with Gasteiger partial charge in [0.25, 0.3) is 0 Å². The summed E-state index contributed by atoms with van der Waals surface area (Å²) in [7, 11) is 0. The van der Waals surface area contributed by atoms with Crippen LogP contribution in [-0.4, -0.2) is 87.4 Å². The molecule has 0 aliphatic heterocycles. The van der Waals surface area contributed by atoms with Crippen LogP contribution in [0.2, 0.25) is 0 Å². The van der Waals surface area contributed by atoms with E-state index in [0.29, 0.717) is 13.0 Å². The van der Waals surface area contributed by atoms with Crippen LogP contribution in [0.1, 0.15) is 33.1 Å². The van der Waals surface area contributed by atoms with Crippen molar-refractivity contribution in [3.8, 4) is 0 Å². The molecule has 1 rings (SSSR count). The summed E-state index contributed by atoms with van der Waals surface area (Å²) in [5.74, 6) is 0. The van der Waals surface area contributed by atoms with E-state index in [9.17, 15) is 30.3 Å². The Morgan fingerprint density at radius 2 is 1.92 bits per heavy atom. The number of urea groups is 1. The highest BCUT2D eigenvalue weighted by Crippen LogP contribution is 2.18. The molecule has 0 aromatic carbocycles. The van der Waals surface area contributed by atoms with Crippen LogP contribution in [-0.2, 0) is 4.74 Å². The lowest BCUT2D eigenvalue weighted by Crippen LogP contribution is -2.52. The molecule has 0 fully saturated rings. The largest absolute Gasteiger partial charge is 0.393 e. The van der Waals surface area contributed by atoms with Crippen molar-refractivity contribution in [1.29, 1.82) is 0 Å². The van der Waals surface area contributed by atoms with Gasteiger partial charge in [-0.05, 0) is 19.8 Å². The Morgan fingerprint density at radius 1 is 1.23 bits per heavy atom. The average Bonchev–Trinajstić information content (AvgIpc) is 2.72. The zero-order valence-corrected chi connectivity index (χ0v) is 15.3. The number of hydrogen-bond donors (Lipinski definition) is 7. The second kappa shape index (κ2) is 11.5. The van der Waals surface area contributed by atoms with E-state index in [0.717, 1.165) is 0 Å². The van der Waals surface area contributed by atoms with Gasteiger partial charge in [0.15, 0.2) is 0 Å². The molecule has 1 aliphatic rings. The average molecular weight is 376 g/mol. The van der Waals surface area contributed by atoms with Gasteiger partial charge in [-0.25, -0.2) is 4.79 Å². The Morgan fingerprint density at radius 3 is 2.54 bits per heavy atom. The molecule has 0 aromatic rings. The molecule has 0 saturated carbocycles. The van der Waals surface area contributed by atoms with Crippen molar-refractivity contribution >= 4 is 6.03 Å². The van der Waals surface area contributed by atoms with Gasteiger partial charge in [-0.15, -0.1) is 0 Å². The Balaban J connectivity index is 2.71. The summed E-state index contributed by atoms with van der Waals surface area (Å²) in [6.45, 7) is 3.81. The van der Waals surface area contributed by atoms with E-state index in [1.54, 1.807) is 19.9 Å². The van der Waals surface area contributed by atoms with E-state index < -0.39 is 48.7 Å². The Labute approximate surface area is 153 Å². The first-order valence-electron chi connectivity index (χ1n) is 9.03. The van der Waals surface area contributed by atoms with E-state index in [2.05, 4.69) is 10.6 Å². The molecule has 7 atom stereocenters. The van der Waals surface area contributed by atoms with Gasteiger partial charge < -0.3 is 40.9 Å². The molecule has 0 heterocycles. The summed E-state index contributed by atoms with van der Waals surface area (Å²) >= 11 is 0. The fourth-order valence-electron chi connectivity index (χ4n) is 2.66. The summed E-state index contributed by atoms with van der Waals surface area (Å²) in [6.07, 6.45) is -2.71. The molecule has 0 radical (unpaired) electrons. The van der Waals surface area contributed by atoms with Crippen LogP contribution in [0, 0.1) is 0 Å². The maximum Gasteiger partial charge on any atom is 0.315 e. The number of nitrogens with one attached hydrogen (secondary N) is 2. The lowest BCUT2D eigenvalue weighted by Gasteiger charge is -2.30. The minimum Gasteiger partial charge on any atom is -0.393 e. The van der Waals surface area contributed by atoms with Crippen LogP contribution < -0.4 is 10.6 Å². The molecule has 9 heteroatoms. The van der Waals surface area contributed by atoms with Gasteiger partial charge in [-0.3, -0.25) is 0 Å². The van der Waals surface area contributed by atoms with Gasteiger partial charge in [0, 0.05) is 13.0 Å². The lowest BCUT2D eigenvalue weighted by molar-refractivity contribution is -0.116. The molecule has 0 bridgehead atoms. The van der Waals surface area contributed by atoms with Gasteiger partial charge in [0.1, 0.15) is 18.3 Å². The van der Waals surface area contributed by atoms with Crippen molar-refractivity contribution in [3.63, 3.8) is 0 Å². The summed E-state index contributed by atoms with van der Waals surface area (Å²) in [5, 5.41) is 54.8. The van der Waals surface area contributed by atoms with E-state index in [1.165, 1.54) is 6.08 Å². The Bertz CT molecular complexity index is 449. The van der Waals surface area contributed by atoms with Crippen molar-refractivity contribution < 1.29 is 35.1 Å². The van der Waals surface area contributed by atoms with Crippen LogP contribution in [0.15, 0.2) is 12.2 Å². The number of rotatable bonds is 9. The number of carbonyl (C=O) groups is 1. The first-order valence-corrected chi connectivity index (χ1v) is 9.03. The third kappa shape index (κ3) is 7.18. The van der Waals surface area contributed by atoms with Crippen LogP contribution >= 0.6 is 0 Å². The molecule has 7 N–H and O–H groups in total. The second-order valence-electron chi connectivity index (χ2n) is 6.48. The molecule has 2 amide bonds. The third-order valence-corrected chi connectivity index (χ3v) is 4.38. The molecule has 26 heavy (non-hydrogen) atoms. The number of aliphatic hydroxyl groups is 5. The van der Waals surface area contributed by atoms with Gasteiger partial charge in [-0.2, -0.15) is 0 Å². The molecule has 0 aromatic heterocycles. The number of ether oxygens (including phenoxy) is 1. The van der Waals surface area contributed by atoms with Crippen LogP contribution in [0.3, 0.4) is 0 Å². The zero-order valence-electron chi connectivity index (χ0n) is 15.3. The minimum atomic E-state index is -1.39. The van der Waals surface area contributed by atoms with Crippen molar-refractivity contribution in [1.82, 2.24) is 10.6 Å². The summed E-state index contributed by atoms with van der Waals surface area (Å²) in [4.78, 5) is 11.8. The highest BCUT2D eigenvalue weighted by atomic mass is 16.5. The molecule has 7 unspecified atom stereocenters. The summed E-state index contributed by atoms with van der Waals surface area (Å²) in [5.41, 5.74) is 0. The van der Waals surface area contributed by atoms with E-state index in [4.69, 9.17) is 4.74 Å². The summed E-state index contributed by atoms with van der Waals surface area (Å²) in [6, 6.07) is -1.30. The number of aliphatic hydroxyl groups excluding tert-OH is 5. The fraction of sp³-hybridized carbons (Fsp3) is 0.824. The predicted octanol–water partition coefficient (Wildman–Crippen LogP) is -1.38. The standard InChI is InChI=1S/C17H32N2O7/c1-3-10(20)8-13(22)11(19-17(25)18-4-2)9-26-14-7-5-6-12(21)15(23)16(14)24/h5-6,10-16,20-24H,3-4,7-9H2,1-2H3,(H2,18,19,25). The molecular formula is C17H32N2O7. The smallest absolute Gasteiger partial charge is 0.315 e. The van der Waals surface area contributed by atoms with Crippen molar-refractivity contribution in [3.05, 3.63) is 12.2 Å². The Kier molecular flexibility index (Phi) is 10.1. The predicted molar refractivity (Wildman–Crippen MR) is 94.4 cm³/mol. The number of carbonyl (C=O) groups excluding carboxylic acids is 1.